The number of ketones is 1. The summed E-state index contributed by atoms with van der Waals surface area (Å²) in [7, 11) is 0. The number of furan rings is 1. The first-order valence-corrected chi connectivity index (χ1v) is 11.2. The largest absolute Gasteiger partial charge is 0.459 e. The first-order valence-electron chi connectivity index (χ1n) is 11.2. The van der Waals surface area contributed by atoms with Crippen LogP contribution < -0.4 is 16.0 Å². The minimum Gasteiger partial charge on any atom is -0.459 e. The minimum atomic E-state index is -0.431. The average molecular weight is 482 g/mol. The molecule has 0 spiro atoms. The zero-order valence-electron chi connectivity index (χ0n) is 19.2. The van der Waals surface area contributed by atoms with Crippen LogP contribution in [0.3, 0.4) is 0 Å². The monoisotopic (exact) mass is 481 g/mol. The van der Waals surface area contributed by atoms with E-state index in [0.717, 1.165) is 0 Å². The third kappa shape index (κ3) is 5.92. The Balaban J connectivity index is 1.32. The smallest absolute Gasteiger partial charge is 0.287 e. The van der Waals surface area contributed by atoms with E-state index in [1.807, 2.05) is 6.07 Å². The molecule has 3 amide bonds. The lowest BCUT2D eigenvalue weighted by molar-refractivity contribution is 0.0910. The van der Waals surface area contributed by atoms with Crippen molar-refractivity contribution in [3.8, 4) is 0 Å². The molecule has 0 radical (unpaired) electrons. The second kappa shape index (κ2) is 11.4. The number of amides is 3. The summed E-state index contributed by atoms with van der Waals surface area (Å²) in [6.45, 7) is 0.469. The SMILES string of the molecule is O=C(NCCNC(=O)c1ccco1)c1ccc(NC(=O)c2ccccc2C(=O)c2ccccc2)cc1. The normalized spacial score (nSPS) is 10.3. The fourth-order valence-electron chi connectivity index (χ4n) is 3.48. The summed E-state index contributed by atoms with van der Waals surface area (Å²) in [6.07, 6.45) is 1.41. The van der Waals surface area contributed by atoms with Crippen LogP contribution in [0.1, 0.15) is 47.2 Å². The third-order valence-corrected chi connectivity index (χ3v) is 5.30. The molecule has 4 rings (SSSR count). The van der Waals surface area contributed by atoms with Gasteiger partial charge in [0.1, 0.15) is 0 Å². The highest BCUT2D eigenvalue weighted by Crippen LogP contribution is 2.17. The zero-order valence-corrected chi connectivity index (χ0v) is 19.2. The van der Waals surface area contributed by atoms with Crippen LogP contribution in [0.2, 0.25) is 0 Å². The molecule has 8 nitrogen and oxygen atoms in total. The van der Waals surface area contributed by atoms with E-state index in [9.17, 15) is 19.2 Å². The van der Waals surface area contributed by atoms with E-state index in [4.69, 9.17) is 4.42 Å². The molecule has 0 saturated carbocycles. The van der Waals surface area contributed by atoms with Gasteiger partial charge in [-0.3, -0.25) is 19.2 Å². The topological polar surface area (TPSA) is 118 Å². The number of hydrogen-bond acceptors (Lipinski definition) is 5. The molecule has 0 aliphatic carbocycles. The molecule has 0 aliphatic rings. The quantitative estimate of drug-likeness (QED) is 0.247. The standard InChI is InChI=1S/C28H23N3O5/c32-25(19-7-2-1-3-8-19)22-9-4-5-10-23(22)27(34)31-21-14-12-20(13-15-21)26(33)29-16-17-30-28(35)24-11-6-18-36-24/h1-15,18H,16-17H2,(H,29,33)(H,30,35)(H,31,34). The lowest BCUT2D eigenvalue weighted by Crippen LogP contribution is -2.34. The van der Waals surface area contributed by atoms with Crippen LogP contribution in [0.4, 0.5) is 5.69 Å². The van der Waals surface area contributed by atoms with E-state index in [-0.39, 0.29) is 42.0 Å². The van der Waals surface area contributed by atoms with Crippen LogP contribution in [0.5, 0.6) is 0 Å². The van der Waals surface area contributed by atoms with Gasteiger partial charge in [0.25, 0.3) is 17.7 Å². The summed E-state index contributed by atoms with van der Waals surface area (Å²) in [5, 5.41) is 8.12. The Hall–Kier alpha value is -4.98. The summed E-state index contributed by atoms with van der Waals surface area (Å²) in [5.41, 5.74) is 1.92. The van der Waals surface area contributed by atoms with Gasteiger partial charge in [0.05, 0.1) is 11.8 Å². The maximum Gasteiger partial charge on any atom is 0.287 e. The number of benzene rings is 3. The number of anilines is 1. The molecule has 8 heteroatoms. The van der Waals surface area contributed by atoms with Crippen LogP contribution in [0, 0.1) is 0 Å². The summed E-state index contributed by atoms with van der Waals surface area (Å²) in [4.78, 5) is 50.0. The van der Waals surface area contributed by atoms with E-state index < -0.39 is 5.91 Å². The summed E-state index contributed by atoms with van der Waals surface area (Å²) in [6, 6.07) is 24.9. The second-order valence-electron chi connectivity index (χ2n) is 7.76. The first-order chi connectivity index (χ1) is 17.5. The lowest BCUT2D eigenvalue weighted by Gasteiger charge is -2.11. The molecule has 1 heterocycles. The van der Waals surface area contributed by atoms with Gasteiger partial charge in [-0.1, -0.05) is 48.5 Å². The van der Waals surface area contributed by atoms with E-state index >= 15 is 0 Å². The van der Waals surface area contributed by atoms with E-state index in [1.165, 1.54) is 6.26 Å². The number of carbonyl (C=O) groups excluding carboxylic acids is 4. The lowest BCUT2D eigenvalue weighted by atomic mass is 9.98. The Labute approximate surface area is 207 Å². The Morgan fingerprint density at radius 2 is 1.22 bits per heavy atom. The molecule has 1 aromatic heterocycles. The highest BCUT2D eigenvalue weighted by molar-refractivity contribution is 6.17. The van der Waals surface area contributed by atoms with Crippen molar-refractivity contribution in [1.82, 2.24) is 10.6 Å². The highest BCUT2D eigenvalue weighted by Gasteiger charge is 2.18. The molecule has 4 aromatic rings. The molecule has 0 saturated heterocycles. The number of carbonyl (C=O) groups is 4. The minimum absolute atomic E-state index is 0.200. The molecule has 3 aromatic carbocycles. The van der Waals surface area contributed by atoms with Crippen molar-refractivity contribution < 1.29 is 23.6 Å². The van der Waals surface area contributed by atoms with Gasteiger partial charge in [0, 0.05) is 35.5 Å². The predicted molar refractivity (Wildman–Crippen MR) is 134 cm³/mol. The summed E-state index contributed by atoms with van der Waals surface area (Å²) < 4.78 is 5.00. The van der Waals surface area contributed by atoms with Gasteiger partial charge in [0.15, 0.2) is 11.5 Å². The van der Waals surface area contributed by atoms with Gasteiger partial charge in [-0.05, 0) is 42.5 Å². The van der Waals surface area contributed by atoms with Crippen LogP contribution in [0.15, 0.2) is 102 Å². The van der Waals surface area contributed by atoms with Gasteiger partial charge in [0.2, 0.25) is 0 Å². The Morgan fingerprint density at radius 3 is 1.89 bits per heavy atom. The van der Waals surface area contributed by atoms with Crippen LogP contribution >= 0.6 is 0 Å². The van der Waals surface area contributed by atoms with Crippen molar-refractivity contribution in [2.24, 2.45) is 0 Å². The molecule has 0 unspecified atom stereocenters. The van der Waals surface area contributed by atoms with Crippen molar-refractivity contribution in [1.29, 1.82) is 0 Å². The summed E-state index contributed by atoms with van der Waals surface area (Å²) >= 11 is 0. The predicted octanol–water partition coefficient (Wildman–Crippen LogP) is 3.92. The fraction of sp³-hybridized carbons (Fsp3) is 0.0714. The van der Waals surface area contributed by atoms with Crippen molar-refractivity contribution >= 4 is 29.2 Å². The summed E-state index contributed by atoms with van der Waals surface area (Å²) in [5.74, 6) is -1.15. The van der Waals surface area contributed by atoms with Crippen molar-refractivity contribution in [3.63, 3.8) is 0 Å². The third-order valence-electron chi connectivity index (χ3n) is 5.30. The maximum atomic E-state index is 12.9. The van der Waals surface area contributed by atoms with E-state index in [0.29, 0.717) is 22.4 Å². The first kappa shape index (κ1) is 24.2. The molecule has 36 heavy (non-hydrogen) atoms. The van der Waals surface area contributed by atoms with E-state index in [1.54, 1.807) is 84.9 Å². The van der Waals surface area contributed by atoms with Gasteiger partial charge in [-0.2, -0.15) is 0 Å². The average Bonchev–Trinajstić information content (AvgIpc) is 3.47. The molecule has 0 aliphatic heterocycles. The molecule has 0 bridgehead atoms. The number of rotatable bonds is 9. The van der Waals surface area contributed by atoms with E-state index in [2.05, 4.69) is 16.0 Å². The molecule has 180 valence electrons. The van der Waals surface area contributed by atoms with Crippen molar-refractivity contribution in [3.05, 3.63) is 125 Å². The molecular weight excluding hydrogens is 458 g/mol. The van der Waals surface area contributed by atoms with Gasteiger partial charge in [-0.15, -0.1) is 0 Å². The van der Waals surface area contributed by atoms with Crippen LogP contribution in [-0.4, -0.2) is 36.6 Å². The maximum absolute atomic E-state index is 12.9. The number of hydrogen-bond donors (Lipinski definition) is 3. The Morgan fingerprint density at radius 1 is 0.583 bits per heavy atom. The van der Waals surface area contributed by atoms with Crippen molar-refractivity contribution in [2.75, 3.05) is 18.4 Å². The van der Waals surface area contributed by atoms with Gasteiger partial charge < -0.3 is 20.4 Å². The van der Waals surface area contributed by atoms with Gasteiger partial charge in [-0.25, -0.2) is 0 Å². The van der Waals surface area contributed by atoms with Crippen LogP contribution in [-0.2, 0) is 0 Å². The molecule has 0 atom stereocenters. The molecule has 3 N–H and O–H groups in total. The van der Waals surface area contributed by atoms with Gasteiger partial charge >= 0.3 is 0 Å². The fourth-order valence-corrected chi connectivity index (χ4v) is 3.48. The second-order valence-corrected chi connectivity index (χ2v) is 7.76. The molecular formula is C28H23N3O5. The van der Waals surface area contributed by atoms with Crippen LogP contribution in [0.25, 0.3) is 0 Å². The number of nitrogens with one attached hydrogen (secondary N) is 3. The Bertz CT molecular complexity index is 1360. The zero-order chi connectivity index (χ0) is 25.3. The highest BCUT2D eigenvalue weighted by atomic mass is 16.3. The van der Waals surface area contributed by atoms with Crippen molar-refractivity contribution in [2.45, 2.75) is 0 Å². The molecule has 0 fully saturated rings. The Kier molecular flexibility index (Phi) is 7.67.